The number of amides is 1. The number of carbonyl (C=O) groups is 1. The normalized spacial score (nSPS) is 25.9. The van der Waals surface area contributed by atoms with Crippen molar-refractivity contribution in [3.8, 4) is 0 Å². The van der Waals surface area contributed by atoms with Crippen molar-refractivity contribution < 1.29 is 4.79 Å². The van der Waals surface area contributed by atoms with Crippen LogP contribution in [0.2, 0.25) is 0 Å². The molecule has 2 bridgehead atoms. The van der Waals surface area contributed by atoms with Crippen LogP contribution >= 0.6 is 0 Å². The highest BCUT2D eigenvalue weighted by molar-refractivity contribution is 5.83. The molecule has 0 saturated heterocycles. The fraction of sp³-hybridized carbons (Fsp3) is 0.476. The van der Waals surface area contributed by atoms with Crippen LogP contribution in [-0.4, -0.2) is 17.9 Å². The number of hydrogen-bond donors (Lipinski definition) is 0. The second-order valence-corrected chi connectivity index (χ2v) is 7.57. The molecule has 0 N–H and O–H groups in total. The minimum absolute atomic E-state index is 0.315. The molecule has 120 valence electrons. The quantitative estimate of drug-likeness (QED) is 0.807. The van der Waals surface area contributed by atoms with Crippen molar-refractivity contribution in [1.82, 2.24) is 4.90 Å². The fourth-order valence-corrected chi connectivity index (χ4v) is 4.71. The largest absolute Gasteiger partial charge is 0.341 e. The molecule has 0 aliphatic heterocycles. The topological polar surface area (TPSA) is 20.3 Å². The molecule has 2 aliphatic rings. The number of carbonyl (C=O) groups excluding carboxylic acids is 1. The zero-order valence-corrected chi connectivity index (χ0v) is 13.9. The van der Waals surface area contributed by atoms with E-state index in [9.17, 15) is 4.79 Å². The van der Waals surface area contributed by atoms with E-state index < -0.39 is 0 Å². The van der Waals surface area contributed by atoms with Crippen molar-refractivity contribution in [2.75, 3.05) is 7.05 Å². The number of benzene rings is 2. The van der Waals surface area contributed by atoms with Crippen LogP contribution in [0.1, 0.15) is 37.7 Å². The molecule has 1 amide bonds. The van der Waals surface area contributed by atoms with E-state index in [0.717, 1.165) is 18.3 Å². The van der Waals surface area contributed by atoms with Gasteiger partial charge in [0.1, 0.15) is 0 Å². The molecule has 2 aromatic rings. The summed E-state index contributed by atoms with van der Waals surface area (Å²) >= 11 is 0. The van der Waals surface area contributed by atoms with Gasteiger partial charge in [0.25, 0.3) is 0 Å². The van der Waals surface area contributed by atoms with Gasteiger partial charge < -0.3 is 4.90 Å². The van der Waals surface area contributed by atoms with Gasteiger partial charge in [-0.15, -0.1) is 0 Å². The van der Waals surface area contributed by atoms with E-state index in [2.05, 4.69) is 42.5 Å². The molecule has 2 nitrogen and oxygen atoms in total. The van der Waals surface area contributed by atoms with E-state index in [-0.39, 0.29) is 0 Å². The van der Waals surface area contributed by atoms with E-state index in [1.165, 1.54) is 42.0 Å². The summed E-state index contributed by atoms with van der Waals surface area (Å²) in [5, 5.41) is 2.51. The second-order valence-electron chi connectivity index (χ2n) is 7.57. The molecule has 2 heteroatoms. The maximum atomic E-state index is 12.6. The Bertz CT molecular complexity index is 723. The summed E-state index contributed by atoms with van der Waals surface area (Å²) in [6, 6.07) is 14.9. The third kappa shape index (κ3) is 2.99. The molecule has 3 unspecified atom stereocenters. The van der Waals surface area contributed by atoms with Crippen LogP contribution in [0.5, 0.6) is 0 Å². The van der Waals surface area contributed by atoms with Crippen LogP contribution < -0.4 is 0 Å². The van der Waals surface area contributed by atoms with Crippen LogP contribution in [0.4, 0.5) is 0 Å². The van der Waals surface area contributed by atoms with E-state index in [1.54, 1.807) is 0 Å². The highest BCUT2D eigenvalue weighted by atomic mass is 16.2. The van der Waals surface area contributed by atoms with Gasteiger partial charge in [0.05, 0.1) is 0 Å². The molecule has 0 aromatic heterocycles. The summed E-state index contributed by atoms with van der Waals surface area (Å²) in [7, 11) is 1.95. The lowest BCUT2D eigenvalue weighted by atomic mass is 9.86. The molecule has 2 aromatic carbocycles. The van der Waals surface area contributed by atoms with Crippen LogP contribution in [-0.2, 0) is 11.3 Å². The summed E-state index contributed by atoms with van der Waals surface area (Å²) in [6.45, 7) is 0.713. The molecule has 23 heavy (non-hydrogen) atoms. The molecule has 2 fully saturated rings. The highest BCUT2D eigenvalue weighted by Gasteiger charge is 2.40. The smallest absolute Gasteiger partial charge is 0.222 e. The zero-order chi connectivity index (χ0) is 15.8. The van der Waals surface area contributed by atoms with Gasteiger partial charge in [-0.25, -0.2) is 0 Å². The van der Waals surface area contributed by atoms with E-state index in [0.29, 0.717) is 18.4 Å². The van der Waals surface area contributed by atoms with Crippen molar-refractivity contribution in [1.29, 1.82) is 0 Å². The molecule has 2 saturated carbocycles. The first kappa shape index (κ1) is 14.7. The average molecular weight is 307 g/mol. The van der Waals surface area contributed by atoms with E-state index in [1.807, 2.05) is 11.9 Å². The van der Waals surface area contributed by atoms with E-state index >= 15 is 0 Å². The average Bonchev–Trinajstić information content (AvgIpc) is 3.17. The molecule has 3 atom stereocenters. The monoisotopic (exact) mass is 307 g/mol. The SMILES string of the molecule is CN(Cc1ccc2ccccc2c1)C(=O)CC1CC2CCC1C2. The van der Waals surface area contributed by atoms with Gasteiger partial charge in [0.2, 0.25) is 5.91 Å². The zero-order valence-electron chi connectivity index (χ0n) is 13.9. The van der Waals surface area contributed by atoms with Crippen molar-refractivity contribution in [3.63, 3.8) is 0 Å². The first-order chi connectivity index (χ1) is 11.2. The van der Waals surface area contributed by atoms with Gasteiger partial charge >= 0.3 is 0 Å². The second kappa shape index (κ2) is 5.99. The first-order valence-corrected chi connectivity index (χ1v) is 8.90. The van der Waals surface area contributed by atoms with Crippen LogP contribution in [0, 0.1) is 17.8 Å². The summed E-state index contributed by atoms with van der Waals surface area (Å²) in [4.78, 5) is 14.5. The molecule has 0 radical (unpaired) electrons. The third-order valence-corrected chi connectivity index (χ3v) is 5.98. The standard InChI is InChI=1S/C21H25NO/c1-22(21(23)13-20-11-15-6-9-19(20)10-15)14-16-7-8-17-4-2-3-5-18(17)12-16/h2-5,7-8,12,15,19-20H,6,9-11,13-14H2,1H3. The number of rotatable bonds is 4. The third-order valence-electron chi connectivity index (χ3n) is 5.98. The molecule has 0 spiro atoms. The number of fused-ring (bicyclic) bond motifs is 3. The van der Waals surface area contributed by atoms with Crippen LogP contribution in [0.3, 0.4) is 0 Å². The maximum Gasteiger partial charge on any atom is 0.222 e. The maximum absolute atomic E-state index is 12.6. The van der Waals surface area contributed by atoms with Crippen LogP contribution in [0.15, 0.2) is 42.5 Å². The van der Waals surface area contributed by atoms with Gasteiger partial charge in [-0.1, -0.05) is 42.8 Å². The Hall–Kier alpha value is -1.83. The number of hydrogen-bond acceptors (Lipinski definition) is 1. The lowest BCUT2D eigenvalue weighted by Gasteiger charge is -2.24. The predicted octanol–water partition coefficient (Wildman–Crippen LogP) is 4.62. The minimum Gasteiger partial charge on any atom is -0.341 e. The Morgan fingerprint density at radius 3 is 2.65 bits per heavy atom. The summed E-state index contributed by atoms with van der Waals surface area (Å²) in [6.07, 6.45) is 6.19. The van der Waals surface area contributed by atoms with Crippen LogP contribution in [0.25, 0.3) is 10.8 Å². The van der Waals surface area contributed by atoms with Gasteiger partial charge in [-0.05, 0) is 59.4 Å². The molecule has 0 heterocycles. The lowest BCUT2D eigenvalue weighted by molar-refractivity contribution is -0.131. The molecular formula is C21H25NO. The van der Waals surface area contributed by atoms with Crippen molar-refractivity contribution in [3.05, 3.63) is 48.0 Å². The summed E-state index contributed by atoms with van der Waals surface area (Å²) in [5.74, 6) is 2.72. The molecule has 4 rings (SSSR count). The van der Waals surface area contributed by atoms with E-state index in [4.69, 9.17) is 0 Å². The van der Waals surface area contributed by atoms with Gasteiger partial charge in [0, 0.05) is 20.0 Å². The molecule has 2 aliphatic carbocycles. The van der Waals surface area contributed by atoms with Crippen molar-refractivity contribution in [2.45, 2.75) is 38.6 Å². The fourth-order valence-electron chi connectivity index (χ4n) is 4.71. The minimum atomic E-state index is 0.315. The Morgan fingerprint density at radius 2 is 1.91 bits per heavy atom. The van der Waals surface area contributed by atoms with Crippen molar-refractivity contribution >= 4 is 16.7 Å². The lowest BCUT2D eigenvalue weighted by Crippen LogP contribution is -2.29. The Balaban J connectivity index is 1.39. The van der Waals surface area contributed by atoms with Crippen molar-refractivity contribution in [2.24, 2.45) is 17.8 Å². The van der Waals surface area contributed by atoms with Gasteiger partial charge in [-0.3, -0.25) is 4.79 Å². The Morgan fingerprint density at radius 1 is 1.09 bits per heavy atom. The predicted molar refractivity (Wildman–Crippen MR) is 94.0 cm³/mol. The summed E-state index contributed by atoms with van der Waals surface area (Å²) in [5.41, 5.74) is 1.22. The van der Waals surface area contributed by atoms with Gasteiger partial charge in [0.15, 0.2) is 0 Å². The Labute approximate surface area is 138 Å². The Kier molecular flexibility index (Phi) is 3.84. The molecular weight excluding hydrogens is 282 g/mol. The van der Waals surface area contributed by atoms with Gasteiger partial charge in [-0.2, -0.15) is 0 Å². The highest BCUT2D eigenvalue weighted by Crippen LogP contribution is 2.49. The summed E-state index contributed by atoms with van der Waals surface area (Å²) < 4.78 is 0. The first-order valence-electron chi connectivity index (χ1n) is 8.90. The number of nitrogens with zero attached hydrogens (tertiary/aromatic N) is 1.